The minimum Gasteiger partial charge on any atom is -0.444 e. The Kier molecular flexibility index (Phi) is 8.23. The molecule has 154 valence electrons. The average molecular weight is 391 g/mol. The number of rotatable bonds is 6. The van der Waals surface area contributed by atoms with Crippen LogP contribution in [0, 0.1) is 17.1 Å². The predicted molar refractivity (Wildman–Crippen MR) is 107 cm³/mol. The highest BCUT2D eigenvalue weighted by Crippen LogP contribution is 2.12. The van der Waals surface area contributed by atoms with Crippen molar-refractivity contribution in [3.63, 3.8) is 0 Å². The molecule has 0 atom stereocenters. The van der Waals surface area contributed by atoms with E-state index in [9.17, 15) is 9.18 Å². The van der Waals surface area contributed by atoms with Gasteiger partial charge in [0.05, 0.1) is 23.7 Å². The Balaban J connectivity index is 2.75. The minimum atomic E-state index is -0.607. The summed E-state index contributed by atoms with van der Waals surface area (Å²) >= 11 is 0. The number of hydrogen-bond donors (Lipinski definition) is 3. The van der Waals surface area contributed by atoms with Crippen molar-refractivity contribution in [3.05, 3.63) is 35.1 Å². The molecule has 8 heteroatoms. The molecule has 0 fully saturated rings. The van der Waals surface area contributed by atoms with Crippen LogP contribution < -0.4 is 16.0 Å². The summed E-state index contributed by atoms with van der Waals surface area (Å²) in [4.78, 5) is 16.3. The van der Waals surface area contributed by atoms with E-state index in [2.05, 4.69) is 20.9 Å². The summed E-state index contributed by atoms with van der Waals surface area (Å²) < 4.78 is 19.2. The molecule has 3 N–H and O–H groups in total. The van der Waals surface area contributed by atoms with Gasteiger partial charge in [0.1, 0.15) is 11.4 Å². The van der Waals surface area contributed by atoms with Crippen molar-refractivity contribution in [1.29, 1.82) is 5.26 Å². The SMILES string of the molecule is CCNC(=NCc1cc(C#N)ccc1F)NCC(C)(C)NC(=O)OC(C)(C)C. The van der Waals surface area contributed by atoms with E-state index in [1.54, 1.807) is 20.8 Å². The molecule has 0 bridgehead atoms. The molecule has 0 aromatic heterocycles. The standard InChI is InChI=1S/C20H30FN5O2/c1-7-23-17(24-12-15-10-14(11-22)8-9-16(15)21)25-13-20(5,6)26-18(27)28-19(2,3)4/h8-10H,7,12-13H2,1-6H3,(H,26,27)(H2,23,24,25). The van der Waals surface area contributed by atoms with Crippen LogP contribution in [0.1, 0.15) is 52.7 Å². The Morgan fingerprint density at radius 3 is 2.50 bits per heavy atom. The Labute approximate surface area is 166 Å². The van der Waals surface area contributed by atoms with E-state index in [1.165, 1.54) is 18.2 Å². The highest BCUT2D eigenvalue weighted by atomic mass is 19.1. The zero-order valence-corrected chi connectivity index (χ0v) is 17.4. The van der Waals surface area contributed by atoms with Gasteiger partial charge in [-0.15, -0.1) is 0 Å². The number of hydrogen-bond acceptors (Lipinski definition) is 4. The summed E-state index contributed by atoms with van der Waals surface area (Å²) in [5.41, 5.74) is -0.467. The molecule has 1 rings (SSSR count). The van der Waals surface area contributed by atoms with E-state index in [-0.39, 0.29) is 6.54 Å². The normalized spacial score (nSPS) is 12.1. The van der Waals surface area contributed by atoms with Crippen LogP contribution >= 0.6 is 0 Å². The quantitative estimate of drug-likeness (QED) is 0.511. The molecule has 0 aliphatic carbocycles. The summed E-state index contributed by atoms with van der Waals surface area (Å²) in [5, 5.41) is 18.0. The van der Waals surface area contributed by atoms with E-state index < -0.39 is 23.1 Å². The summed E-state index contributed by atoms with van der Waals surface area (Å²) in [6, 6.07) is 6.16. The maximum atomic E-state index is 13.9. The fourth-order valence-electron chi connectivity index (χ4n) is 2.20. The fraction of sp³-hybridized carbons (Fsp3) is 0.550. The smallest absolute Gasteiger partial charge is 0.408 e. The van der Waals surface area contributed by atoms with E-state index >= 15 is 0 Å². The molecule has 28 heavy (non-hydrogen) atoms. The van der Waals surface area contributed by atoms with E-state index in [0.29, 0.717) is 30.2 Å². The molecule has 0 aliphatic rings. The van der Waals surface area contributed by atoms with Gasteiger partial charge in [-0.1, -0.05) is 0 Å². The van der Waals surface area contributed by atoms with Crippen molar-refractivity contribution < 1.29 is 13.9 Å². The minimum absolute atomic E-state index is 0.0800. The van der Waals surface area contributed by atoms with Crippen molar-refractivity contribution in [2.24, 2.45) is 4.99 Å². The van der Waals surface area contributed by atoms with Crippen LogP contribution in [0.4, 0.5) is 9.18 Å². The van der Waals surface area contributed by atoms with E-state index in [4.69, 9.17) is 10.00 Å². The number of halogens is 1. The van der Waals surface area contributed by atoms with Crippen molar-refractivity contribution in [2.75, 3.05) is 13.1 Å². The van der Waals surface area contributed by atoms with E-state index in [0.717, 1.165) is 0 Å². The average Bonchev–Trinajstić information content (AvgIpc) is 2.56. The molecule has 0 saturated carbocycles. The molecule has 1 amide bonds. The second-order valence-corrected chi connectivity index (χ2v) is 7.98. The predicted octanol–water partition coefficient (Wildman–Crippen LogP) is 3.06. The number of ether oxygens (including phenoxy) is 1. The van der Waals surface area contributed by atoms with Gasteiger partial charge in [0.2, 0.25) is 0 Å². The third kappa shape index (κ3) is 8.71. The van der Waals surface area contributed by atoms with Crippen molar-refractivity contribution in [3.8, 4) is 6.07 Å². The number of nitrogens with one attached hydrogen (secondary N) is 3. The molecular formula is C20H30FN5O2. The van der Waals surface area contributed by atoms with Gasteiger partial charge in [0.25, 0.3) is 0 Å². The lowest BCUT2D eigenvalue weighted by molar-refractivity contribution is 0.0474. The van der Waals surface area contributed by atoms with Crippen molar-refractivity contribution in [1.82, 2.24) is 16.0 Å². The number of nitriles is 1. The van der Waals surface area contributed by atoms with Gasteiger partial charge in [-0.25, -0.2) is 14.2 Å². The summed E-state index contributed by atoms with van der Waals surface area (Å²) in [5.74, 6) is 0.0637. The Hall–Kier alpha value is -2.82. The first-order valence-electron chi connectivity index (χ1n) is 9.17. The van der Waals surface area contributed by atoms with Crippen LogP contribution in [0.3, 0.4) is 0 Å². The number of nitrogens with zero attached hydrogens (tertiary/aromatic N) is 2. The second kappa shape index (κ2) is 9.93. The molecule has 0 spiro atoms. The van der Waals surface area contributed by atoms with Crippen LogP contribution in [0.2, 0.25) is 0 Å². The number of carbonyl (C=O) groups is 1. The largest absolute Gasteiger partial charge is 0.444 e. The van der Waals surface area contributed by atoms with Gasteiger partial charge < -0.3 is 20.7 Å². The Morgan fingerprint density at radius 1 is 1.25 bits per heavy atom. The molecule has 0 saturated heterocycles. The highest BCUT2D eigenvalue weighted by Gasteiger charge is 2.24. The van der Waals surface area contributed by atoms with Crippen LogP contribution in [-0.2, 0) is 11.3 Å². The van der Waals surface area contributed by atoms with Gasteiger partial charge in [-0.2, -0.15) is 5.26 Å². The lowest BCUT2D eigenvalue weighted by Crippen LogP contribution is -2.54. The third-order valence-corrected chi connectivity index (χ3v) is 3.46. The molecule has 0 unspecified atom stereocenters. The molecule has 0 aliphatic heterocycles. The van der Waals surface area contributed by atoms with Crippen LogP contribution in [0.15, 0.2) is 23.2 Å². The van der Waals surface area contributed by atoms with Gasteiger partial charge in [-0.3, -0.25) is 0 Å². The zero-order chi connectivity index (χ0) is 21.4. The molecule has 1 aromatic carbocycles. The molecule has 0 heterocycles. The fourth-order valence-corrected chi connectivity index (χ4v) is 2.20. The lowest BCUT2D eigenvalue weighted by atomic mass is 10.1. The molecule has 1 aromatic rings. The Morgan fingerprint density at radius 2 is 1.93 bits per heavy atom. The molecular weight excluding hydrogens is 361 g/mol. The van der Waals surface area contributed by atoms with Gasteiger partial charge in [0, 0.05) is 18.7 Å². The topological polar surface area (TPSA) is 98.5 Å². The molecule has 7 nitrogen and oxygen atoms in total. The number of alkyl carbamates (subject to hydrolysis) is 1. The summed E-state index contributed by atoms with van der Waals surface area (Å²) in [7, 11) is 0. The summed E-state index contributed by atoms with van der Waals surface area (Å²) in [6.07, 6.45) is -0.503. The first-order chi connectivity index (χ1) is 13.0. The van der Waals surface area contributed by atoms with Gasteiger partial charge in [-0.05, 0) is 59.7 Å². The number of aliphatic imine (C=N–C) groups is 1. The van der Waals surface area contributed by atoms with Crippen LogP contribution in [0.5, 0.6) is 0 Å². The zero-order valence-electron chi connectivity index (χ0n) is 17.4. The number of guanidine groups is 1. The number of benzene rings is 1. The lowest BCUT2D eigenvalue weighted by Gasteiger charge is -2.29. The molecule has 0 radical (unpaired) electrons. The van der Waals surface area contributed by atoms with E-state index in [1.807, 2.05) is 26.8 Å². The van der Waals surface area contributed by atoms with Crippen molar-refractivity contribution in [2.45, 2.75) is 59.2 Å². The number of carbonyl (C=O) groups excluding carboxylic acids is 1. The van der Waals surface area contributed by atoms with Crippen LogP contribution in [0.25, 0.3) is 0 Å². The first-order valence-corrected chi connectivity index (χ1v) is 9.17. The van der Waals surface area contributed by atoms with Crippen molar-refractivity contribution >= 4 is 12.1 Å². The maximum absolute atomic E-state index is 13.9. The monoisotopic (exact) mass is 391 g/mol. The maximum Gasteiger partial charge on any atom is 0.408 e. The van der Waals surface area contributed by atoms with Crippen LogP contribution in [-0.4, -0.2) is 36.3 Å². The van der Waals surface area contributed by atoms with Gasteiger partial charge in [0.15, 0.2) is 5.96 Å². The highest BCUT2D eigenvalue weighted by molar-refractivity contribution is 5.80. The third-order valence-electron chi connectivity index (χ3n) is 3.46. The van der Waals surface area contributed by atoms with Gasteiger partial charge >= 0.3 is 6.09 Å². The number of amides is 1. The second-order valence-electron chi connectivity index (χ2n) is 7.98. The Bertz CT molecular complexity index is 748. The summed E-state index contributed by atoms with van der Waals surface area (Å²) in [6.45, 7) is 12.1. The first kappa shape index (κ1) is 23.2.